The van der Waals surface area contributed by atoms with E-state index in [0.717, 1.165) is 102 Å². The number of benzene rings is 1. The molecule has 1 amide bonds. The first-order valence-corrected chi connectivity index (χ1v) is 14.5. The Balaban J connectivity index is 1.05. The highest BCUT2D eigenvalue weighted by Crippen LogP contribution is 2.42. The molecule has 0 bridgehead atoms. The molecule has 0 aliphatic carbocycles. The Morgan fingerprint density at radius 1 is 0.976 bits per heavy atom. The van der Waals surface area contributed by atoms with Crippen LogP contribution in [0.3, 0.4) is 0 Å². The Kier molecular flexibility index (Phi) is 6.37. The first-order valence-electron chi connectivity index (χ1n) is 14.5. The number of fused-ring (bicyclic) bond motifs is 2. The highest BCUT2D eigenvalue weighted by atomic mass is 16.5. The maximum atomic E-state index is 11.7. The van der Waals surface area contributed by atoms with Crippen molar-refractivity contribution in [2.75, 3.05) is 31.1 Å². The molecule has 4 aromatic heterocycles. The van der Waals surface area contributed by atoms with E-state index in [1.54, 1.807) is 6.92 Å². The molecule has 6 heterocycles. The average molecular weight is 550 g/mol. The molecule has 1 aromatic carbocycles. The maximum Gasteiger partial charge on any atom is 0.219 e. The summed E-state index contributed by atoms with van der Waals surface area (Å²) in [6.45, 7) is 7.53. The smallest absolute Gasteiger partial charge is 0.219 e. The SMILES string of the molecule is CC(=O)N1CCC2(CC1)CCN(c1ccc(-c3n[nH]c4ccc(O[C@H](C)c5ccnc6[nH]ccc56)cc34)cn1)CC2. The number of H-pyrrole nitrogens is 2. The molecule has 0 saturated carbocycles. The van der Waals surface area contributed by atoms with E-state index in [9.17, 15) is 4.79 Å². The molecule has 9 heteroatoms. The third-order valence-corrected chi connectivity index (χ3v) is 9.22. The number of pyridine rings is 2. The summed E-state index contributed by atoms with van der Waals surface area (Å²) in [5.41, 5.74) is 5.12. The quantitative estimate of drug-likeness (QED) is 0.284. The molecule has 2 saturated heterocycles. The van der Waals surface area contributed by atoms with Gasteiger partial charge in [-0.1, -0.05) is 0 Å². The number of ether oxygens (including phenoxy) is 1. The lowest BCUT2D eigenvalue weighted by Gasteiger charge is -2.47. The van der Waals surface area contributed by atoms with E-state index in [2.05, 4.69) is 50.2 Å². The highest BCUT2D eigenvalue weighted by Gasteiger charge is 2.38. The molecule has 5 aromatic rings. The van der Waals surface area contributed by atoms with Gasteiger partial charge in [-0.05, 0) is 80.5 Å². The standard InChI is InChI=1S/C32H35N7O2/c1-21(25-7-13-33-31-26(25)8-14-34-31)41-24-4-5-28-27(19-24)30(37-36-28)23-3-6-29(35-20-23)39-17-11-32(12-18-39)9-15-38(16-10-32)22(2)40/h3-8,13-14,19-21H,9-12,15-18H2,1-2H3,(H,33,34)(H,36,37)/t21-/m1/s1. The summed E-state index contributed by atoms with van der Waals surface area (Å²) < 4.78 is 6.38. The lowest BCUT2D eigenvalue weighted by molar-refractivity contribution is -0.131. The van der Waals surface area contributed by atoms with Crippen LogP contribution < -0.4 is 9.64 Å². The van der Waals surface area contributed by atoms with Crippen LogP contribution in [0.5, 0.6) is 5.75 Å². The summed E-state index contributed by atoms with van der Waals surface area (Å²) in [7, 11) is 0. The number of nitrogens with zero attached hydrogens (tertiary/aromatic N) is 5. The Bertz CT molecular complexity index is 1690. The number of amides is 1. The highest BCUT2D eigenvalue weighted by molar-refractivity contribution is 5.93. The Morgan fingerprint density at radius 3 is 2.54 bits per heavy atom. The van der Waals surface area contributed by atoms with Gasteiger partial charge in [-0.2, -0.15) is 5.10 Å². The minimum atomic E-state index is -0.143. The Morgan fingerprint density at radius 2 is 1.78 bits per heavy atom. The molecule has 2 N–H and O–H groups in total. The molecule has 1 spiro atoms. The number of aromatic nitrogens is 5. The molecule has 0 unspecified atom stereocenters. The monoisotopic (exact) mass is 549 g/mol. The maximum absolute atomic E-state index is 11.7. The lowest BCUT2D eigenvalue weighted by atomic mass is 9.71. The molecule has 2 fully saturated rings. The van der Waals surface area contributed by atoms with E-state index in [1.807, 2.05) is 47.8 Å². The van der Waals surface area contributed by atoms with Gasteiger partial charge in [0.05, 0.1) is 5.52 Å². The van der Waals surface area contributed by atoms with Gasteiger partial charge in [0.2, 0.25) is 5.91 Å². The van der Waals surface area contributed by atoms with Gasteiger partial charge in [0.15, 0.2) is 0 Å². The van der Waals surface area contributed by atoms with Gasteiger partial charge in [0.25, 0.3) is 0 Å². The number of anilines is 1. The number of hydrogen-bond donors (Lipinski definition) is 2. The summed E-state index contributed by atoms with van der Waals surface area (Å²) in [5, 5.41) is 9.85. The van der Waals surface area contributed by atoms with Gasteiger partial charge in [0.1, 0.15) is 29.0 Å². The number of piperidine rings is 2. The Hall–Kier alpha value is -4.40. The van der Waals surface area contributed by atoms with Crippen molar-refractivity contribution in [2.45, 2.75) is 45.6 Å². The summed E-state index contributed by atoms with van der Waals surface area (Å²) in [5.74, 6) is 2.00. The molecule has 2 aliphatic heterocycles. The van der Waals surface area contributed by atoms with E-state index < -0.39 is 0 Å². The minimum absolute atomic E-state index is 0.143. The van der Waals surface area contributed by atoms with Gasteiger partial charge >= 0.3 is 0 Å². The summed E-state index contributed by atoms with van der Waals surface area (Å²) in [6.07, 6.45) is 10.0. The summed E-state index contributed by atoms with van der Waals surface area (Å²) in [6, 6.07) is 14.3. The molecule has 210 valence electrons. The fourth-order valence-electron chi connectivity index (χ4n) is 6.61. The second kappa shape index (κ2) is 10.2. The van der Waals surface area contributed by atoms with Crippen LogP contribution in [0, 0.1) is 5.41 Å². The Labute approximate surface area is 238 Å². The van der Waals surface area contributed by atoms with Crippen LogP contribution in [0.2, 0.25) is 0 Å². The van der Waals surface area contributed by atoms with Gasteiger partial charge in [-0.25, -0.2) is 9.97 Å². The lowest BCUT2D eigenvalue weighted by Crippen LogP contribution is -2.48. The topological polar surface area (TPSA) is 103 Å². The largest absolute Gasteiger partial charge is 0.486 e. The molecule has 1 atom stereocenters. The van der Waals surface area contributed by atoms with Crippen molar-refractivity contribution in [2.24, 2.45) is 5.41 Å². The van der Waals surface area contributed by atoms with Gasteiger partial charge in [0, 0.05) is 73.6 Å². The van der Waals surface area contributed by atoms with E-state index in [-0.39, 0.29) is 12.0 Å². The second-order valence-corrected chi connectivity index (χ2v) is 11.6. The van der Waals surface area contributed by atoms with Gasteiger partial charge in [-0.15, -0.1) is 0 Å². The summed E-state index contributed by atoms with van der Waals surface area (Å²) in [4.78, 5) is 28.5. The van der Waals surface area contributed by atoms with Crippen molar-refractivity contribution in [1.29, 1.82) is 0 Å². The summed E-state index contributed by atoms with van der Waals surface area (Å²) >= 11 is 0. The first kappa shape index (κ1) is 25.6. The van der Waals surface area contributed by atoms with Crippen molar-refractivity contribution in [3.63, 3.8) is 0 Å². The zero-order valence-corrected chi connectivity index (χ0v) is 23.6. The number of carbonyl (C=O) groups excluding carboxylic acids is 1. The molecule has 0 radical (unpaired) electrons. The third kappa shape index (κ3) is 4.79. The van der Waals surface area contributed by atoms with Crippen molar-refractivity contribution >= 4 is 33.7 Å². The number of nitrogens with one attached hydrogen (secondary N) is 2. The average Bonchev–Trinajstić information content (AvgIpc) is 3.65. The number of likely N-dealkylation sites (tertiary alicyclic amines) is 1. The molecular weight excluding hydrogens is 514 g/mol. The predicted molar refractivity (Wildman–Crippen MR) is 160 cm³/mol. The number of aromatic amines is 2. The molecular formula is C32H35N7O2. The molecule has 41 heavy (non-hydrogen) atoms. The number of rotatable bonds is 5. The van der Waals surface area contributed by atoms with Gasteiger partial charge < -0.3 is 19.5 Å². The van der Waals surface area contributed by atoms with Crippen LogP contribution in [0.25, 0.3) is 33.2 Å². The van der Waals surface area contributed by atoms with Crippen molar-refractivity contribution in [3.8, 4) is 17.0 Å². The van der Waals surface area contributed by atoms with E-state index in [4.69, 9.17) is 9.72 Å². The number of hydrogen-bond acceptors (Lipinski definition) is 6. The predicted octanol–water partition coefficient (Wildman–Crippen LogP) is 5.87. The van der Waals surface area contributed by atoms with Crippen LogP contribution in [0.1, 0.15) is 51.2 Å². The van der Waals surface area contributed by atoms with Crippen LogP contribution in [0.15, 0.2) is 61.1 Å². The van der Waals surface area contributed by atoms with E-state index in [1.165, 1.54) is 0 Å². The first-order chi connectivity index (χ1) is 20.0. The minimum Gasteiger partial charge on any atom is -0.486 e. The van der Waals surface area contributed by atoms with Crippen LogP contribution >= 0.6 is 0 Å². The zero-order chi connectivity index (χ0) is 28.0. The van der Waals surface area contributed by atoms with Crippen molar-refractivity contribution in [1.82, 2.24) is 30.0 Å². The fourth-order valence-corrected chi connectivity index (χ4v) is 6.61. The third-order valence-electron chi connectivity index (χ3n) is 9.22. The molecule has 9 nitrogen and oxygen atoms in total. The van der Waals surface area contributed by atoms with Crippen LogP contribution in [-0.4, -0.2) is 62.1 Å². The van der Waals surface area contributed by atoms with E-state index >= 15 is 0 Å². The second-order valence-electron chi connectivity index (χ2n) is 11.6. The van der Waals surface area contributed by atoms with Crippen LogP contribution in [-0.2, 0) is 4.79 Å². The normalized spacial score (nSPS) is 17.8. The zero-order valence-electron chi connectivity index (χ0n) is 23.6. The fraction of sp³-hybridized carbons (Fsp3) is 0.375. The van der Waals surface area contributed by atoms with Crippen LogP contribution in [0.4, 0.5) is 5.82 Å². The number of carbonyl (C=O) groups is 1. The van der Waals surface area contributed by atoms with Gasteiger partial charge in [-0.3, -0.25) is 9.89 Å². The van der Waals surface area contributed by atoms with Crippen molar-refractivity contribution in [3.05, 3.63) is 66.6 Å². The van der Waals surface area contributed by atoms with Crippen molar-refractivity contribution < 1.29 is 9.53 Å². The molecule has 7 rings (SSSR count). The molecule has 2 aliphatic rings. The van der Waals surface area contributed by atoms with E-state index in [0.29, 0.717) is 5.41 Å².